The van der Waals surface area contributed by atoms with Crippen LogP contribution in [-0.4, -0.2) is 38.8 Å². The van der Waals surface area contributed by atoms with Crippen LogP contribution in [0.1, 0.15) is 45.3 Å². The topological polar surface area (TPSA) is 58.4 Å². The largest absolute Gasteiger partial charge is 0.481 e. The molecule has 1 atom stereocenters. The molecule has 1 aliphatic rings. The molecule has 1 fully saturated rings. The van der Waals surface area contributed by atoms with Crippen LogP contribution in [0.4, 0.5) is 0 Å². The van der Waals surface area contributed by atoms with Gasteiger partial charge in [0.2, 0.25) is 0 Å². The van der Waals surface area contributed by atoms with Crippen LogP contribution < -0.4 is 0 Å². The number of hydrogen-bond donors (Lipinski definition) is 1. The number of likely N-dealkylation sites (tertiary alicyclic amines) is 1. The third-order valence-corrected chi connectivity index (χ3v) is 3.87. The molecule has 2 rings (SSSR count). The molecule has 0 bridgehead atoms. The molecule has 1 saturated heterocycles. The van der Waals surface area contributed by atoms with Gasteiger partial charge in [-0.25, -0.2) is 0 Å². The van der Waals surface area contributed by atoms with Crippen molar-refractivity contribution in [3.63, 3.8) is 0 Å². The first kappa shape index (κ1) is 14.1. The summed E-state index contributed by atoms with van der Waals surface area (Å²) in [5, 5.41) is 13.8. The van der Waals surface area contributed by atoms with E-state index in [4.69, 9.17) is 0 Å². The standard InChI is InChI=1S/C14H23N3O2/c1-11(2)17-8-5-12(15-17)9-16-7-4-6-14(3,10-16)13(18)19/h5,8,11H,4,6-7,9-10H2,1-3H3,(H,18,19). The number of carboxylic acid groups (broad SMARTS) is 1. The second-order valence-corrected chi connectivity index (χ2v) is 6.06. The number of carbonyl (C=O) groups is 1. The summed E-state index contributed by atoms with van der Waals surface area (Å²) >= 11 is 0. The summed E-state index contributed by atoms with van der Waals surface area (Å²) in [6, 6.07) is 2.38. The lowest BCUT2D eigenvalue weighted by atomic mass is 9.82. The van der Waals surface area contributed by atoms with Gasteiger partial charge in [0.15, 0.2) is 0 Å². The summed E-state index contributed by atoms with van der Waals surface area (Å²) in [5.41, 5.74) is 0.405. The second kappa shape index (κ2) is 5.33. The van der Waals surface area contributed by atoms with E-state index in [-0.39, 0.29) is 0 Å². The highest BCUT2D eigenvalue weighted by atomic mass is 16.4. The van der Waals surface area contributed by atoms with Crippen molar-refractivity contribution in [3.05, 3.63) is 18.0 Å². The van der Waals surface area contributed by atoms with E-state index in [0.717, 1.165) is 31.6 Å². The highest BCUT2D eigenvalue weighted by molar-refractivity contribution is 5.74. The van der Waals surface area contributed by atoms with E-state index in [9.17, 15) is 9.90 Å². The van der Waals surface area contributed by atoms with Crippen LogP contribution in [0.25, 0.3) is 0 Å². The van der Waals surface area contributed by atoms with Gasteiger partial charge in [0, 0.05) is 25.3 Å². The van der Waals surface area contributed by atoms with Crippen LogP contribution in [0.15, 0.2) is 12.3 Å². The minimum atomic E-state index is -0.690. The number of carboxylic acids is 1. The number of aliphatic carboxylic acids is 1. The van der Waals surface area contributed by atoms with E-state index >= 15 is 0 Å². The Hall–Kier alpha value is -1.36. The van der Waals surface area contributed by atoms with E-state index in [1.165, 1.54) is 0 Å². The number of piperidine rings is 1. The predicted octanol–water partition coefficient (Wildman–Crippen LogP) is 2.15. The zero-order valence-electron chi connectivity index (χ0n) is 12.0. The van der Waals surface area contributed by atoms with Crippen molar-refractivity contribution >= 4 is 5.97 Å². The molecule has 0 amide bonds. The van der Waals surface area contributed by atoms with Crippen LogP contribution in [0, 0.1) is 5.41 Å². The van der Waals surface area contributed by atoms with Crippen molar-refractivity contribution < 1.29 is 9.90 Å². The lowest BCUT2D eigenvalue weighted by molar-refractivity contribution is -0.151. The highest BCUT2D eigenvalue weighted by Crippen LogP contribution is 2.30. The first-order chi connectivity index (χ1) is 8.90. The third kappa shape index (κ3) is 3.15. The van der Waals surface area contributed by atoms with Gasteiger partial charge in [-0.2, -0.15) is 5.10 Å². The maximum atomic E-state index is 11.3. The Morgan fingerprint density at radius 2 is 2.32 bits per heavy atom. The molecule has 1 aromatic rings. The van der Waals surface area contributed by atoms with Crippen molar-refractivity contribution in [2.24, 2.45) is 5.41 Å². The quantitative estimate of drug-likeness (QED) is 0.906. The van der Waals surface area contributed by atoms with Crippen molar-refractivity contribution in [2.75, 3.05) is 13.1 Å². The first-order valence-electron chi connectivity index (χ1n) is 6.90. The summed E-state index contributed by atoms with van der Waals surface area (Å²) in [6.07, 6.45) is 3.69. The maximum absolute atomic E-state index is 11.3. The molecule has 0 spiro atoms. The molecule has 2 heterocycles. The lowest BCUT2D eigenvalue weighted by Gasteiger charge is -2.37. The Morgan fingerprint density at radius 3 is 2.89 bits per heavy atom. The average Bonchev–Trinajstić information content (AvgIpc) is 2.77. The summed E-state index contributed by atoms with van der Waals surface area (Å²) in [6.45, 7) is 8.34. The van der Waals surface area contributed by atoms with E-state index in [0.29, 0.717) is 12.6 Å². The molecule has 1 N–H and O–H groups in total. The van der Waals surface area contributed by atoms with Crippen molar-refractivity contribution in [1.82, 2.24) is 14.7 Å². The molecule has 5 heteroatoms. The van der Waals surface area contributed by atoms with Crippen LogP contribution in [0.3, 0.4) is 0 Å². The second-order valence-electron chi connectivity index (χ2n) is 6.06. The van der Waals surface area contributed by atoms with Crippen LogP contribution in [-0.2, 0) is 11.3 Å². The van der Waals surface area contributed by atoms with E-state index in [2.05, 4.69) is 23.8 Å². The number of hydrogen-bond acceptors (Lipinski definition) is 3. The summed E-state index contributed by atoms with van der Waals surface area (Å²) in [7, 11) is 0. The van der Waals surface area contributed by atoms with Gasteiger partial charge in [-0.15, -0.1) is 0 Å². The predicted molar refractivity (Wildman–Crippen MR) is 72.9 cm³/mol. The lowest BCUT2D eigenvalue weighted by Crippen LogP contribution is -2.45. The zero-order chi connectivity index (χ0) is 14.0. The zero-order valence-corrected chi connectivity index (χ0v) is 12.0. The van der Waals surface area contributed by atoms with E-state index in [1.807, 2.05) is 23.9 Å². The van der Waals surface area contributed by atoms with Gasteiger partial charge in [-0.1, -0.05) is 0 Å². The summed E-state index contributed by atoms with van der Waals surface area (Å²) < 4.78 is 1.94. The molecule has 106 valence electrons. The van der Waals surface area contributed by atoms with Crippen molar-refractivity contribution in [2.45, 2.75) is 46.2 Å². The molecule has 0 aliphatic carbocycles. The number of aromatic nitrogens is 2. The highest BCUT2D eigenvalue weighted by Gasteiger charge is 2.37. The normalized spacial score (nSPS) is 24.8. The fourth-order valence-electron chi connectivity index (χ4n) is 2.63. The van der Waals surface area contributed by atoms with Gasteiger partial charge in [-0.3, -0.25) is 14.4 Å². The Bertz CT molecular complexity index is 455. The van der Waals surface area contributed by atoms with Crippen molar-refractivity contribution in [1.29, 1.82) is 0 Å². The molecular weight excluding hydrogens is 242 g/mol. The van der Waals surface area contributed by atoms with Gasteiger partial charge in [0.25, 0.3) is 0 Å². The third-order valence-electron chi connectivity index (χ3n) is 3.87. The van der Waals surface area contributed by atoms with Crippen LogP contribution >= 0.6 is 0 Å². The molecule has 19 heavy (non-hydrogen) atoms. The van der Waals surface area contributed by atoms with E-state index in [1.54, 1.807) is 0 Å². The van der Waals surface area contributed by atoms with Crippen molar-refractivity contribution in [3.8, 4) is 0 Å². The minimum absolute atomic E-state index is 0.361. The smallest absolute Gasteiger partial charge is 0.310 e. The first-order valence-corrected chi connectivity index (χ1v) is 6.90. The fourth-order valence-corrected chi connectivity index (χ4v) is 2.63. The molecule has 1 unspecified atom stereocenters. The van der Waals surface area contributed by atoms with E-state index < -0.39 is 11.4 Å². The molecule has 0 radical (unpaired) electrons. The Kier molecular flexibility index (Phi) is 3.94. The maximum Gasteiger partial charge on any atom is 0.310 e. The Morgan fingerprint density at radius 1 is 1.58 bits per heavy atom. The van der Waals surface area contributed by atoms with Gasteiger partial charge < -0.3 is 5.11 Å². The molecular formula is C14H23N3O2. The Labute approximate surface area is 114 Å². The average molecular weight is 265 g/mol. The SMILES string of the molecule is CC(C)n1ccc(CN2CCCC(C)(C(=O)O)C2)n1. The minimum Gasteiger partial charge on any atom is -0.481 e. The van der Waals surface area contributed by atoms with Gasteiger partial charge in [0.05, 0.1) is 11.1 Å². The summed E-state index contributed by atoms with van der Waals surface area (Å²) in [4.78, 5) is 13.5. The number of rotatable bonds is 4. The van der Waals surface area contributed by atoms with Crippen LogP contribution in [0.5, 0.6) is 0 Å². The summed E-state index contributed by atoms with van der Waals surface area (Å²) in [5.74, 6) is -0.690. The van der Waals surface area contributed by atoms with Crippen LogP contribution in [0.2, 0.25) is 0 Å². The molecule has 1 aromatic heterocycles. The molecule has 1 aliphatic heterocycles. The molecule has 0 saturated carbocycles. The van der Waals surface area contributed by atoms with Gasteiger partial charge in [0.1, 0.15) is 0 Å². The monoisotopic (exact) mass is 265 g/mol. The molecule has 0 aromatic carbocycles. The fraction of sp³-hybridized carbons (Fsp3) is 0.714. The Balaban J connectivity index is 2.00. The van der Waals surface area contributed by atoms with Gasteiger partial charge in [-0.05, 0) is 46.2 Å². The van der Waals surface area contributed by atoms with Gasteiger partial charge >= 0.3 is 5.97 Å². The number of nitrogens with zero attached hydrogens (tertiary/aromatic N) is 3. The molecule has 5 nitrogen and oxygen atoms in total.